The number of alkyl halides is 3. The van der Waals surface area contributed by atoms with Crippen LogP contribution < -0.4 is 0 Å². The summed E-state index contributed by atoms with van der Waals surface area (Å²) in [7, 11) is 3.40. The molecule has 0 aliphatic heterocycles. The Morgan fingerprint density at radius 1 is 1.21 bits per heavy atom. The number of nitrogens with zero attached hydrogens (tertiary/aromatic N) is 6. The van der Waals surface area contributed by atoms with E-state index in [1.807, 2.05) is 0 Å². The maximum Gasteiger partial charge on any atom is 0.471 e. The Kier molecular flexibility index (Phi) is 3.19. The van der Waals surface area contributed by atoms with Gasteiger partial charge in [0, 0.05) is 14.1 Å². The van der Waals surface area contributed by atoms with Gasteiger partial charge in [0.2, 0.25) is 17.3 Å². The van der Waals surface area contributed by atoms with Crippen LogP contribution in [0.25, 0.3) is 11.5 Å². The third-order valence-corrected chi connectivity index (χ3v) is 1.76. The molecule has 2 rings (SSSR count). The van der Waals surface area contributed by atoms with Crippen molar-refractivity contribution in [3.05, 3.63) is 5.89 Å². The standard InChI is InChI=1S/C8H7F3N6O2/c1-17(2)3-12-5-4(14-19-16-5)6-13-7(18-15-6)8(9,10)11/h3H,1-2H3. The molecule has 0 N–H and O–H groups in total. The summed E-state index contributed by atoms with van der Waals surface area (Å²) >= 11 is 0. The van der Waals surface area contributed by atoms with Gasteiger partial charge in [0.1, 0.15) is 0 Å². The van der Waals surface area contributed by atoms with Crippen LogP contribution in [-0.4, -0.2) is 45.8 Å². The Hall–Kier alpha value is -2.46. The molecule has 2 heterocycles. The summed E-state index contributed by atoms with van der Waals surface area (Å²) in [4.78, 5) is 8.60. The summed E-state index contributed by atoms with van der Waals surface area (Å²) in [5.41, 5.74) is -0.141. The first-order valence-corrected chi connectivity index (χ1v) is 4.82. The van der Waals surface area contributed by atoms with Crippen LogP contribution >= 0.6 is 0 Å². The lowest BCUT2D eigenvalue weighted by Crippen LogP contribution is -2.07. The number of aromatic nitrogens is 4. The molecule has 2 aromatic heterocycles. The first-order valence-electron chi connectivity index (χ1n) is 4.82. The fourth-order valence-corrected chi connectivity index (χ4v) is 1.01. The zero-order valence-corrected chi connectivity index (χ0v) is 9.71. The van der Waals surface area contributed by atoms with E-state index in [0.29, 0.717) is 0 Å². The monoisotopic (exact) mass is 276 g/mol. The number of hydrogen-bond acceptors (Lipinski definition) is 7. The molecule has 0 atom stereocenters. The van der Waals surface area contributed by atoms with Gasteiger partial charge in [-0.3, -0.25) is 0 Å². The van der Waals surface area contributed by atoms with E-state index in [4.69, 9.17) is 0 Å². The maximum absolute atomic E-state index is 12.3. The van der Waals surface area contributed by atoms with Crippen LogP contribution in [0.5, 0.6) is 0 Å². The van der Waals surface area contributed by atoms with Crippen molar-refractivity contribution in [3.8, 4) is 11.5 Å². The van der Waals surface area contributed by atoms with Crippen molar-refractivity contribution in [1.29, 1.82) is 0 Å². The first-order chi connectivity index (χ1) is 8.88. The number of rotatable bonds is 3. The smallest absolute Gasteiger partial charge is 0.369 e. The van der Waals surface area contributed by atoms with Gasteiger partial charge in [0.05, 0.1) is 6.34 Å². The summed E-state index contributed by atoms with van der Waals surface area (Å²) in [5.74, 6) is -1.93. The Balaban J connectivity index is 2.33. The minimum Gasteiger partial charge on any atom is -0.369 e. The Labute approximate surface area is 103 Å². The Morgan fingerprint density at radius 3 is 2.53 bits per heavy atom. The van der Waals surface area contributed by atoms with Crippen molar-refractivity contribution >= 4 is 12.2 Å². The van der Waals surface area contributed by atoms with Crippen molar-refractivity contribution in [3.63, 3.8) is 0 Å². The van der Waals surface area contributed by atoms with Gasteiger partial charge in [-0.1, -0.05) is 5.16 Å². The molecular weight excluding hydrogens is 269 g/mol. The second kappa shape index (κ2) is 4.66. The van der Waals surface area contributed by atoms with E-state index in [0.717, 1.165) is 0 Å². The highest BCUT2D eigenvalue weighted by atomic mass is 19.4. The molecule has 102 valence electrons. The van der Waals surface area contributed by atoms with Crippen LogP contribution in [0, 0.1) is 0 Å². The molecule has 8 nitrogen and oxygen atoms in total. The summed E-state index contributed by atoms with van der Waals surface area (Å²) < 4.78 is 45.4. The third-order valence-electron chi connectivity index (χ3n) is 1.76. The second-order valence-corrected chi connectivity index (χ2v) is 3.57. The topological polar surface area (TPSA) is 93.4 Å². The third kappa shape index (κ3) is 2.86. The van der Waals surface area contributed by atoms with Crippen LogP contribution in [0.4, 0.5) is 19.0 Å². The fraction of sp³-hybridized carbons (Fsp3) is 0.375. The molecule has 0 saturated heterocycles. The van der Waals surface area contributed by atoms with Crippen molar-refractivity contribution in [2.45, 2.75) is 6.18 Å². The van der Waals surface area contributed by atoms with E-state index >= 15 is 0 Å². The lowest BCUT2D eigenvalue weighted by atomic mass is 10.4. The van der Waals surface area contributed by atoms with Crippen molar-refractivity contribution in [2.24, 2.45) is 4.99 Å². The van der Waals surface area contributed by atoms with E-state index < -0.39 is 17.9 Å². The largest absolute Gasteiger partial charge is 0.471 e. The Morgan fingerprint density at radius 2 is 1.95 bits per heavy atom. The van der Waals surface area contributed by atoms with Crippen LogP contribution in [-0.2, 0) is 6.18 Å². The van der Waals surface area contributed by atoms with Gasteiger partial charge in [-0.2, -0.15) is 18.2 Å². The highest BCUT2D eigenvalue weighted by molar-refractivity contribution is 5.67. The van der Waals surface area contributed by atoms with Gasteiger partial charge in [-0.15, -0.1) is 0 Å². The van der Waals surface area contributed by atoms with E-state index in [2.05, 4.69) is 34.6 Å². The molecule has 0 unspecified atom stereocenters. The predicted molar refractivity (Wildman–Crippen MR) is 54.4 cm³/mol. The van der Waals surface area contributed by atoms with Gasteiger partial charge in [0.15, 0.2) is 0 Å². The molecule has 0 bridgehead atoms. The minimum absolute atomic E-state index is 0.0526. The molecule has 0 aliphatic rings. The summed E-state index contributed by atoms with van der Waals surface area (Å²) in [6.45, 7) is 0. The highest BCUT2D eigenvalue weighted by Crippen LogP contribution is 2.30. The first kappa shape index (κ1) is 13.0. The molecule has 0 radical (unpaired) electrons. The van der Waals surface area contributed by atoms with Crippen LogP contribution in [0.1, 0.15) is 5.89 Å². The van der Waals surface area contributed by atoms with Gasteiger partial charge >= 0.3 is 12.1 Å². The van der Waals surface area contributed by atoms with Crippen molar-refractivity contribution in [2.75, 3.05) is 14.1 Å². The summed E-state index contributed by atoms with van der Waals surface area (Å²) in [5, 5.41) is 9.97. The van der Waals surface area contributed by atoms with Gasteiger partial charge < -0.3 is 9.42 Å². The average Bonchev–Trinajstić information content (AvgIpc) is 2.93. The Bertz CT molecular complexity index is 587. The minimum atomic E-state index is -4.73. The van der Waals surface area contributed by atoms with E-state index in [-0.39, 0.29) is 11.5 Å². The SMILES string of the molecule is CN(C)C=Nc1nonc1-c1noc(C(F)(F)F)n1. The number of halogens is 3. The summed E-state index contributed by atoms with van der Waals surface area (Å²) in [6, 6.07) is 0. The number of aliphatic imine (C=N–C) groups is 1. The molecular formula is C8H7F3N6O2. The molecule has 11 heteroatoms. The van der Waals surface area contributed by atoms with Crippen LogP contribution in [0.2, 0.25) is 0 Å². The lowest BCUT2D eigenvalue weighted by molar-refractivity contribution is -0.159. The fourth-order valence-electron chi connectivity index (χ4n) is 1.01. The van der Waals surface area contributed by atoms with Gasteiger partial charge in [0.25, 0.3) is 0 Å². The van der Waals surface area contributed by atoms with Crippen LogP contribution in [0.3, 0.4) is 0 Å². The zero-order chi connectivity index (χ0) is 14.0. The summed E-state index contributed by atoms with van der Waals surface area (Å²) in [6.07, 6.45) is -3.36. The lowest BCUT2D eigenvalue weighted by Gasteiger charge is -2.00. The normalized spacial score (nSPS) is 12.3. The highest BCUT2D eigenvalue weighted by Gasteiger charge is 2.39. The molecule has 0 fully saturated rings. The molecule has 2 aromatic rings. The average molecular weight is 276 g/mol. The van der Waals surface area contributed by atoms with Gasteiger partial charge in [-0.25, -0.2) is 9.62 Å². The van der Waals surface area contributed by atoms with E-state index in [1.54, 1.807) is 19.0 Å². The number of hydrogen-bond donors (Lipinski definition) is 0. The zero-order valence-electron chi connectivity index (χ0n) is 9.71. The molecule has 0 aliphatic carbocycles. The van der Waals surface area contributed by atoms with Crippen molar-refractivity contribution in [1.82, 2.24) is 25.4 Å². The van der Waals surface area contributed by atoms with E-state index in [1.165, 1.54) is 6.34 Å². The molecule has 0 saturated carbocycles. The van der Waals surface area contributed by atoms with Gasteiger partial charge in [-0.05, 0) is 10.3 Å². The molecule has 0 amide bonds. The maximum atomic E-state index is 12.3. The molecule has 19 heavy (non-hydrogen) atoms. The van der Waals surface area contributed by atoms with Crippen molar-refractivity contribution < 1.29 is 22.3 Å². The molecule has 0 spiro atoms. The van der Waals surface area contributed by atoms with E-state index in [9.17, 15) is 13.2 Å². The molecule has 0 aromatic carbocycles. The van der Waals surface area contributed by atoms with Crippen LogP contribution in [0.15, 0.2) is 14.1 Å². The predicted octanol–water partition coefficient (Wildman–Crippen LogP) is 1.36. The second-order valence-electron chi connectivity index (χ2n) is 3.57. The quantitative estimate of drug-likeness (QED) is 0.617.